The van der Waals surface area contributed by atoms with Crippen LogP contribution in [-0.4, -0.2) is 140 Å². The molecule has 14 nitrogen and oxygen atoms in total. The molecule has 0 aliphatic carbocycles. The Labute approximate surface area is 424 Å². The van der Waals surface area contributed by atoms with Gasteiger partial charge in [0.05, 0.1) is 32.0 Å². The fraction of sp³-hybridized carbons (Fsp3) is 0.911. The van der Waals surface area contributed by atoms with E-state index in [9.17, 15) is 45.6 Å². The lowest BCUT2D eigenvalue weighted by atomic mass is 9.97. The smallest absolute Gasteiger partial charge is 0.220 e. The molecular weight excluding hydrogens is 895 g/mol. The van der Waals surface area contributed by atoms with Crippen molar-refractivity contribution in [2.45, 2.75) is 306 Å². The molecule has 2 heterocycles. The number of rotatable bonds is 45. The van der Waals surface area contributed by atoms with Crippen molar-refractivity contribution in [2.75, 3.05) is 19.8 Å². The highest BCUT2D eigenvalue weighted by Gasteiger charge is 2.51. The number of amides is 1. The third kappa shape index (κ3) is 28.8. The predicted octanol–water partition coefficient (Wildman–Crippen LogP) is 8.89. The third-order valence-corrected chi connectivity index (χ3v) is 14.1. The van der Waals surface area contributed by atoms with Crippen LogP contribution in [0.3, 0.4) is 0 Å². The summed E-state index contributed by atoms with van der Waals surface area (Å²) >= 11 is 0. The van der Waals surface area contributed by atoms with Crippen LogP contribution in [0.1, 0.15) is 232 Å². The number of ether oxygens (including phenoxy) is 4. The van der Waals surface area contributed by atoms with Crippen molar-refractivity contribution >= 4 is 5.91 Å². The molecule has 2 aliphatic heterocycles. The van der Waals surface area contributed by atoms with Crippen LogP contribution in [0.25, 0.3) is 0 Å². The topological polar surface area (TPSA) is 228 Å². The maximum atomic E-state index is 13.2. The van der Waals surface area contributed by atoms with Crippen molar-refractivity contribution in [3.63, 3.8) is 0 Å². The minimum absolute atomic E-state index is 0.238. The Bertz CT molecular complexity index is 1270. The number of unbranched alkanes of at least 4 members (excludes halogenated alkanes) is 30. The zero-order valence-corrected chi connectivity index (χ0v) is 44.0. The van der Waals surface area contributed by atoms with E-state index in [1.54, 1.807) is 6.08 Å². The second-order valence-electron chi connectivity index (χ2n) is 20.4. The van der Waals surface area contributed by atoms with Gasteiger partial charge in [0.2, 0.25) is 5.91 Å². The van der Waals surface area contributed by atoms with Gasteiger partial charge in [0.15, 0.2) is 12.6 Å². The van der Waals surface area contributed by atoms with Crippen molar-refractivity contribution in [2.24, 2.45) is 0 Å². The fourth-order valence-electron chi connectivity index (χ4n) is 9.46. The van der Waals surface area contributed by atoms with E-state index in [-0.39, 0.29) is 18.9 Å². The van der Waals surface area contributed by atoms with E-state index in [0.29, 0.717) is 6.42 Å². The van der Waals surface area contributed by atoms with E-state index >= 15 is 0 Å². The zero-order valence-electron chi connectivity index (χ0n) is 44.0. The monoisotopic (exact) mass is 1000 g/mol. The summed E-state index contributed by atoms with van der Waals surface area (Å²) in [6.45, 7) is 2.79. The second kappa shape index (κ2) is 42.8. The minimum Gasteiger partial charge on any atom is -0.394 e. The SMILES string of the molecule is CCCCCCCC/C=C\CCCCCCCCCCCCCCCC(=O)N[C@@H](CO[C@@H]1O[C@H](CO)[C@@H](O[C@@H]2O[C@H](CO)[C@H](O)[C@H](O)[C@H]2O)[C@H](O)[C@H]1O)[C@H](O)/C=C/CCCCCCCCCCCCC. The normalized spacial score (nSPS) is 26.1. The summed E-state index contributed by atoms with van der Waals surface area (Å²) in [6, 6.07) is -0.911. The maximum absolute atomic E-state index is 13.2. The van der Waals surface area contributed by atoms with Crippen molar-refractivity contribution in [3.8, 4) is 0 Å². The maximum Gasteiger partial charge on any atom is 0.220 e. The van der Waals surface area contributed by atoms with Gasteiger partial charge in [0, 0.05) is 6.42 Å². The summed E-state index contributed by atoms with van der Waals surface area (Å²) in [5, 5.41) is 86.9. The molecule has 0 saturated carbocycles. The largest absolute Gasteiger partial charge is 0.394 e. The zero-order chi connectivity index (χ0) is 51.0. The highest BCUT2D eigenvalue weighted by atomic mass is 16.7. The molecule has 2 rings (SSSR count). The van der Waals surface area contributed by atoms with Gasteiger partial charge in [-0.2, -0.15) is 0 Å². The van der Waals surface area contributed by atoms with Crippen LogP contribution in [0.2, 0.25) is 0 Å². The lowest BCUT2D eigenvalue weighted by molar-refractivity contribution is -0.359. The highest BCUT2D eigenvalue weighted by molar-refractivity contribution is 5.76. The Morgan fingerprint density at radius 3 is 1.36 bits per heavy atom. The van der Waals surface area contributed by atoms with Gasteiger partial charge in [-0.05, 0) is 44.9 Å². The van der Waals surface area contributed by atoms with E-state index < -0.39 is 86.8 Å². The van der Waals surface area contributed by atoms with Crippen LogP contribution in [0.5, 0.6) is 0 Å². The van der Waals surface area contributed by atoms with Crippen molar-refractivity contribution in [1.29, 1.82) is 0 Å². The fourth-order valence-corrected chi connectivity index (χ4v) is 9.46. The summed E-state index contributed by atoms with van der Waals surface area (Å²) in [4.78, 5) is 13.2. The summed E-state index contributed by atoms with van der Waals surface area (Å²) in [7, 11) is 0. The van der Waals surface area contributed by atoms with Crippen LogP contribution < -0.4 is 5.32 Å². The Morgan fingerprint density at radius 1 is 0.500 bits per heavy atom. The van der Waals surface area contributed by atoms with E-state index in [2.05, 4.69) is 31.3 Å². The molecule has 0 aromatic carbocycles. The Kier molecular flexibility index (Phi) is 39.5. The molecule has 0 spiro atoms. The average molecular weight is 1000 g/mol. The van der Waals surface area contributed by atoms with Gasteiger partial charge in [-0.3, -0.25) is 4.79 Å². The van der Waals surface area contributed by atoms with E-state index in [4.69, 9.17) is 18.9 Å². The number of aliphatic hydroxyl groups is 8. The standard InChI is InChI=1S/C56H105NO13/c1-3-5-7-9-11-13-15-17-18-19-20-21-22-23-24-25-26-28-30-32-34-36-38-40-48(61)57-44(45(60)39-37-35-33-31-29-27-16-14-12-10-8-6-4-2)43-67-55-53(66)51(64)54(47(42-59)69-55)70-56-52(65)50(63)49(62)46(41-58)68-56/h17-18,37,39,44-47,49-56,58-60,62-66H,3-16,19-36,38,40-43H2,1-2H3,(H,57,61)/b18-17-,39-37+/t44-,45+,46+,47+,49-,50-,51+,52+,53+,54+,55+,56-/m0/s1. The molecule has 70 heavy (non-hydrogen) atoms. The first-order valence-electron chi connectivity index (χ1n) is 28.6. The number of hydrogen-bond donors (Lipinski definition) is 9. The first-order valence-corrected chi connectivity index (χ1v) is 28.6. The van der Waals surface area contributed by atoms with Gasteiger partial charge in [-0.25, -0.2) is 0 Å². The molecule has 9 N–H and O–H groups in total. The van der Waals surface area contributed by atoms with Gasteiger partial charge >= 0.3 is 0 Å². The summed E-state index contributed by atoms with van der Waals surface area (Å²) in [6.07, 6.45) is 32.2. The molecule has 0 bridgehead atoms. The number of allylic oxidation sites excluding steroid dienone is 3. The van der Waals surface area contributed by atoms with Crippen LogP contribution in [0, 0.1) is 0 Å². The molecular formula is C56H105NO13. The Hall–Kier alpha value is -1.53. The van der Waals surface area contributed by atoms with Crippen LogP contribution in [-0.2, 0) is 23.7 Å². The Balaban J connectivity index is 1.75. The first-order chi connectivity index (χ1) is 34.1. The van der Waals surface area contributed by atoms with E-state index in [1.807, 2.05) is 6.08 Å². The van der Waals surface area contributed by atoms with Crippen molar-refractivity contribution in [1.82, 2.24) is 5.32 Å². The number of nitrogens with one attached hydrogen (secondary N) is 1. The van der Waals surface area contributed by atoms with Gasteiger partial charge in [0.1, 0.15) is 48.8 Å². The first kappa shape index (κ1) is 64.6. The lowest BCUT2D eigenvalue weighted by Crippen LogP contribution is -2.65. The van der Waals surface area contributed by atoms with Gasteiger partial charge < -0.3 is 65.1 Å². The Morgan fingerprint density at radius 2 is 0.900 bits per heavy atom. The number of aliphatic hydroxyl groups excluding tert-OH is 8. The van der Waals surface area contributed by atoms with E-state index in [0.717, 1.165) is 38.5 Å². The predicted molar refractivity (Wildman–Crippen MR) is 277 cm³/mol. The average Bonchev–Trinajstić information content (AvgIpc) is 3.36. The molecule has 0 unspecified atom stereocenters. The lowest BCUT2D eigenvalue weighted by Gasteiger charge is -2.46. The molecule has 0 aromatic heterocycles. The summed E-state index contributed by atoms with van der Waals surface area (Å²) in [5.74, 6) is -0.238. The van der Waals surface area contributed by atoms with E-state index in [1.165, 1.54) is 167 Å². The number of carbonyl (C=O) groups excluding carboxylic acids is 1. The number of hydrogen-bond acceptors (Lipinski definition) is 13. The van der Waals surface area contributed by atoms with Gasteiger partial charge in [0.25, 0.3) is 0 Å². The molecule has 2 aliphatic rings. The molecule has 0 radical (unpaired) electrons. The third-order valence-electron chi connectivity index (χ3n) is 14.1. The molecule has 1 amide bonds. The molecule has 14 heteroatoms. The summed E-state index contributed by atoms with van der Waals surface area (Å²) in [5.41, 5.74) is 0. The van der Waals surface area contributed by atoms with Crippen molar-refractivity contribution < 1.29 is 64.6 Å². The van der Waals surface area contributed by atoms with Crippen LogP contribution in [0.15, 0.2) is 24.3 Å². The van der Waals surface area contributed by atoms with Crippen molar-refractivity contribution in [3.05, 3.63) is 24.3 Å². The molecule has 412 valence electrons. The minimum atomic E-state index is -1.79. The molecule has 2 saturated heterocycles. The van der Waals surface area contributed by atoms with Crippen LogP contribution in [0.4, 0.5) is 0 Å². The quantitative estimate of drug-likeness (QED) is 0.0205. The molecule has 2 fully saturated rings. The number of carbonyl (C=O) groups is 1. The van der Waals surface area contributed by atoms with Gasteiger partial charge in [-0.15, -0.1) is 0 Å². The van der Waals surface area contributed by atoms with Gasteiger partial charge in [-0.1, -0.05) is 205 Å². The van der Waals surface area contributed by atoms with Crippen LogP contribution >= 0.6 is 0 Å². The summed E-state index contributed by atoms with van der Waals surface area (Å²) < 4.78 is 22.7. The molecule has 0 aromatic rings. The second-order valence-corrected chi connectivity index (χ2v) is 20.4. The molecule has 12 atom stereocenters. The highest BCUT2D eigenvalue weighted by Crippen LogP contribution is 2.30.